The number of ether oxygens (including phenoxy) is 1. The molecule has 1 amide bonds. The summed E-state index contributed by atoms with van der Waals surface area (Å²) in [5, 5.41) is 11.3. The number of hydrogen-bond donors (Lipinski definition) is 2. The minimum atomic E-state index is -2.96. The maximum Gasteiger partial charge on any atom is 0.408 e. The summed E-state index contributed by atoms with van der Waals surface area (Å²) in [6, 6.07) is 7.40. The van der Waals surface area contributed by atoms with Crippen LogP contribution in [-0.2, 0) is 20.9 Å². The van der Waals surface area contributed by atoms with Gasteiger partial charge in [0.15, 0.2) is 10.6 Å². The predicted molar refractivity (Wildman–Crippen MR) is 95.8 cm³/mol. The van der Waals surface area contributed by atoms with Crippen LogP contribution in [0.15, 0.2) is 30.3 Å². The van der Waals surface area contributed by atoms with E-state index < -0.39 is 47.0 Å². The highest BCUT2D eigenvalue weighted by atomic mass is 79.9. The lowest BCUT2D eigenvalue weighted by Gasteiger charge is -2.34. The number of alkyl carbamates (subject to hydrolysis) is 1. The number of ketones is 1. The van der Waals surface area contributed by atoms with Gasteiger partial charge < -0.3 is 15.2 Å². The lowest BCUT2D eigenvalue weighted by molar-refractivity contribution is -0.140. The molecular formula is C18H20BrF2NO5. The predicted octanol–water partition coefficient (Wildman–Crippen LogP) is 3.52. The zero-order valence-electron chi connectivity index (χ0n) is 14.4. The molecule has 0 heterocycles. The van der Waals surface area contributed by atoms with E-state index in [1.807, 2.05) is 0 Å². The standard InChI is InChI=1S/C18H20BrF2NO5/c19-13(16(24)25)15(23)14(12-7-4-8-18(20,21)9-12)22-17(26)27-10-11-5-2-1-3-6-11/h1-3,5-6,12-14H,4,7-10H2,(H,22,26)(H,24,25). The highest BCUT2D eigenvalue weighted by molar-refractivity contribution is 9.10. The maximum atomic E-state index is 13.8. The third-order valence-corrected chi connectivity index (χ3v) is 5.25. The van der Waals surface area contributed by atoms with E-state index in [4.69, 9.17) is 9.84 Å². The summed E-state index contributed by atoms with van der Waals surface area (Å²) in [5.74, 6) is -6.17. The molecule has 1 saturated carbocycles. The van der Waals surface area contributed by atoms with Crippen LogP contribution in [0.1, 0.15) is 31.2 Å². The van der Waals surface area contributed by atoms with Gasteiger partial charge in [0.05, 0.1) is 6.04 Å². The van der Waals surface area contributed by atoms with E-state index in [9.17, 15) is 23.2 Å². The maximum absolute atomic E-state index is 13.8. The van der Waals surface area contributed by atoms with E-state index in [-0.39, 0.29) is 25.9 Å². The number of hydrogen-bond acceptors (Lipinski definition) is 4. The number of nitrogens with one attached hydrogen (secondary N) is 1. The van der Waals surface area contributed by atoms with Crippen LogP contribution >= 0.6 is 15.9 Å². The van der Waals surface area contributed by atoms with Crippen molar-refractivity contribution in [3.63, 3.8) is 0 Å². The molecule has 2 rings (SSSR count). The Hall–Kier alpha value is -2.03. The fourth-order valence-electron chi connectivity index (χ4n) is 3.09. The summed E-state index contributed by atoms with van der Waals surface area (Å²) in [6.07, 6.45) is -1.38. The Morgan fingerprint density at radius 3 is 2.56 bits per heavy atom. The zero-order chi connectivity index (χ0) is 20.0. The summed E-state index contributed by atoms with van der Waals surface area (Å²) >= 11 is 2.74. The molecule has 0 bridgehead atoms. The van der Waals surface area contributed by atoms with Crippen LogP contribution in [0.25, 0.3) is 0 Å². The van der Waals surface area contributed by atoms with Gasteiger partial charge in [-0.1, -0.05) is 46.3 Å². The van der Waals surface area contributed by atoms with Crippen molar-refractivity contribution in [2.45, 2.75) is 49.1 Å². The number of aliphatic carboxylic acids is 1. The minimum Gasteiger partial charge on any atom is -0.480 e. The number of carboxylic acids is 1. The van der Waals surface area contributed by atoms with Crippen LogP contribution in [-0.4, -0.2) is 39.7 Å². The molecule has 27 heavy (non-hydrogen) atoms. The summed E-state index contributed by atoms with van der Waals surface area (Å²) in [7, 11) is 0. The van der Waals surface area contributed by atoms with Gasteiger partial charge in [-0.3, -0.25) is 9.59 Å². The Kier molecular flexibility index (Phi) is 7.29. The number of amides is 1. The van der Waals surface area contributed by atoms with Crippen molar-refractivity contribution < 1.29 is 33.0 Å². The molecule has 0 radical (unpaired) electrons. The molecule has 1 aliphatic carbocycles. The summed E-state index contributed by atoms with van der Waals surface area (Å²) < 4.78 is 32.6. The summed E-state index contributed by atoms with van der Waals surface area (Å²) in [6.45, 7) is -0.0644. The second kappa shape index (κ2) is 9.25. The molecule has 0 aliphatic heterocycles. The third kappa shape index (κ3) is 6.27. The normalized spacial score (nSPS) is 20.9. The molecule has 1 aromatic carbocycles. The van der Waals surface area contributed by atoms with Crippen LogP contribution in [0.2, 0.25) is 0 Å². The van der Waals surface area contributed by atoms with Gasteiger partial charge in [-0.05, 0) is 24.3 Å². The van der Waals surface area contributed by atoms with Crippen molar-refractivity contribution in [1.29, 1.82) is 0 Å². The highest BCUT2D eigenvalue weighted by Gasteiger charge is 2.44. The highest BCUT2D eigenvalue weighted by Crippen LogP contribution is 2.38. The summed E-state index contributed by atoms with van der Waals surface area (Å²) in [4.78, 5) is 34.0. The van der Waals surface area contributed by atoms with Crippen LogP contribution in [0.3, 0.4) is 0 Å². The Labute approximate surface area is 163 Å². The molecule has 148 valence electrons. The Morgan fingerprint density at radius 1 is 1.30 bits per heavy atom. The van der Waals surface area contributed by atoms with Gasteiger partial charge in [0.25, 0.3) is 0 Å². The van der Waals surface area contributed by atoms with Gasteiger partial charge in [0, 0.05) is 12.8 Å². The molecule has 1 aliphatic rings. The fraction of sp³-hybridized carbons (Fsp3) is 0.500. The first-order valence-electron chi connectivity index (χ1n) is 8.45. The van der Waals surface area contributed by atoms with E-state index in [1.54, 1.807) is 30.3 Å². The van der Waals surface area contributed by atoms with E-state index in [1.165, 1.54) is 0 Å². The number of carboxylic acid groups (broad SMARTS) is 1. The molecule has 1 aromatic rings. The fourth-order valence-corrected chi connectivity index (χ4v) is 3.37. The van der Waals surface area contributed by atoms with Gasteiger partial charge in [-0.15, -0.1) is 0 Å². The third-order valence-electron chi connectivity index (χ3n) is 4.41. The average Bonchev–Trinajstić information content (AvgIpc) is 2.63. The van der Waals surface area contributed by atoms with Crippen LogP contribution < -0.4 is 5.32 Å². The van der Waals surface area contributed by atoms with Crippen molar-refractivity contribution in [1.82, 2.24) is 5.32 Å². The SMILES string of the molecule is O=C(NC(C(=O)C(Br)C(=O)O)C1CCCC(F)(F)C1)OCc1ccccc1. The van der Waals surface area contributed by atoms with E-state index in [0.717, 1.165) is 0 Å². The van der Waals surface area contributed by atoms with Gasteiger partial charge in [0.2, 0.25) is 5.92 Å². The molecule has 3 unspecified atom stereocenters. The first-order chi connectivity index (χ1) is 12.7. The molecule has 0 spiro atoms. The quantitative estimate of drug-likeness (QED) is 0.492. The van der Waals surface area contributed by atoms with Crippen molar-refractivity contribution in [2.24, 2.45) is 5.92 Å². The number of carbonyl (C=O) groups is 3. The molecule has 2 N–H and O–H groups in total. The Bertz CT molecular complexity index is 686. The van der Waals surface area contributed by atoms with Crippen molar-refractivity contribution in [3.8, 4) is 0 Å². The van der Waals surface area contributed by atoms with E-state index in [2.05, 4.69) is 21.2 Å². The van der Waals surface area contributed by atoms with Crippen molar-refractivity contribution in [2.75, 3.05) is 0 Å². The number of carbonyl (C=O) groups excluding carboxylic acids is 2. The second-order valence-electron chi connectivity index (χ2n) is 6.50. The molecule has 9 heteroatoms. The molecule has 3 atom stereocenters. The van der Waals surface area contributed by atoms with Gasteiger partial charge >= 0.3 is 12.1 Å². The second-order valence-corrected chi connectivity index (χ2v) is 7.41. The molecular weight excluding hydrogens is 428 g/mol. The summed E-state index contributed by atoms with van der Waals surface area (Å²) in [5.41, 5.74) is 0.712. The van der Waals surface area contributed by atoms with E-state index >= 15 is 0 Å². The molecule has 0 saturated heterocycles. The lowest BCUT2D eigenvalue weighted by Crippen LogP contribution is -2.52. The molecule has 1 fully saturated rings. The van der Waals surface area contributed by atoms with Gasteiger partial charge in [-0.25, -0.2) is 13.6 Å². The van der Waals surface area contributed by atoms with Gasteiger partial charge in [-0.2, -0.15) is 0 Å². The number of alkyl halides is 3. The van der Waals surface area contributed by atoms with E-state index in [0.29, 0.717) is 5.56 Å². The topological polar surface area (TPSA) is 92.7 Å². The number of benzene rings is 1. The van der Waals surface area contributed by atoms with Gasteiger partial charge in [0.1, 0.15) is 6.61 Å². The zero-order valence-corrected chi connectivity index (χ0v) is 16.0. The van der Waals surface area contributed by atoms with Crippen LogP contribution in [0.4, 0.5) is 13.6 Å². The number of rotatable bonds is 7. The average molecular weight is 448 g/mol. The Morgan fingerprint density at radius 2 is 1.96 bits per heavy atom. The minimum absolute atomic E-state index is 0.0644. The smallest absolute Gasteiger partial charge is 0.408 e. The largest absolute Gasteiger partial charge is 0.480 e. The van der Waals surface area contributed by atoms with Crippen molar-refractivity contribution >= 4 is 33.8 Å². The number of halogens is 3. The first-order valence-corrected chi connectivity index (χ1v) is 9.37. The van der Waals surface area contributed by atoms with Crippen LogP contribution in [0.5, 0.6) is 0 Å². The molecule has 0 aromatic heterocycles. The monoisotopic (exact) mass is 447 g/mol. The Balaban J connectivity index is 2.07. The first kappa shape index (κ1) is 21.3. The number of Topliss-reactive ketones (excluding diaryl/α,β-unsaturated/α-hetero) is 1. The molecule has 6 nitrogen and oxygen atoms in total. The lowest BCUT2D eigenvalue weighted by atomic mass is 9.80. The van der Waals surface area contributed by atoms with Crippen LogP contribution in [0, 0.1) is 5.92 Å². The van der Waals surface area contributed by atoms with Crippen molar-refractivity contribution in [3.05, 3.63) is 35.9 Å².